The summed E-state index contributed by atoms with van der Waals surface area (Å²) >= 11 is 0. The zero-order valence-electron chi connectivity index (χ0n) is 16.1. The van der Waals surface area contributed by atoms with Crippen molar-refractivity contribution >= 4 is 11.0 Å². The number of hydrogen-bond donors (Lipinski definition) is 1. The summed E-state index contributed by atoms with van der Waals surface area (Å²) in [7, 11) is 1.64. The zero-order valence-corrected chi connectivity index (χ0v) is 16.1. The van der Waals surface area contributed by atoms with E-state index in [4.69, 9.17) is 0 Å². The third-order valence-corrected chi connectivity index (χ3v) is 4.78. The summed E-state index contributed by atoms with van der Waals surface area (Å²) < 4.78 is 2.68. The summed E-state index contributed by atoms with van der Waals surface area (Å²) in [5.41, 5.74) is 2.39. The smallest absolute Gasteiger partial charge is 0.307 e. The summed E-state index contributed by atoms with van der Waals surface area (Å²) in [6.07, 6.45) is 3.44. The maximum absolute atomic E-state index is 13.0. The van der Waals surface area contributed by atoms with Crippen LogP contribution in [0.3, 0.4) is 0 Å². The lowest BCUT2D eigenvalue weighted by molar-refractivity contribution is 0.654. The van der Waals surface area contributed by atoms with E-state index in [1.165, 1.54) is 9.13 Å². The van der Waals surface area contributed by atoms with Crippen LogP contribution < -0.4 is 16.6 Å². The van der Waals surface area contributed by atoms with Gasteiger partial charge in [-0.3, -0.25) is 18.9 Å². The number of pyridine rings is 2. The average Bonchev–Trinajstić information content (AvgIpc) is 2.76. The molecular weight excluding hydrogens is 366 g/mol. The Morgan fingerprint density at radius 3 is 2.48 bits per heavy atom. The standard InChI is InChI=1S/C22H21N5O2/c1-26-20-19(21(28)27(22(26)29)15-16-7-3-2-4-8-16)11-17(13-25-20)12-23-14-18-9-5-6-10-24-18/h2-11,13,23H,12,14-15H2,1H3. The molecule has 0 aliphatic rings. The topological polar surface area (TPSA) is 81.8 Å². The Morgan fingerprint density at radius 2 is 1.72 bits per heavy atom. The second-order valence-electron chi connectivity index (χ2n) is 6.86. The third-order valence-electron chi connectivity index (χ3n) is 4.78. The van der Waals surface area contributed by atoms with Gasteiger partial charge >= 0.3 is 5.69 Å². The van der Waals surface area contributed by atoms with E-state index in [0.29, 0.717) is 24.1 Å². The molecule has 29 heavy (non-hydrogen) atoms. The van der Waals surface area contributed by atoms with Crippen molar-refractivity contribution < 1.29 is 0 Å². The monoisotopic (exact) mass is 387 g/mol. The van der Waals surface area contributed by atoms with Crippen molar-refractivity contribution in [3.05, 3.63) is 105 Å². The van der Waals surface area contributed by atoms with Crippen molar-refractivity contribution in [3.63, 3.8) is 0 Å². The van der Waals surface area contributed by atoms with Crippen LogP contribution in [0.4, 0.5) is 0 Å². The van der Waals surface area contributed by atoms with Gasteiger partial charge in [-0.2, -0.15) is 0 Å². The zero-order chi connectivity index (χ0) is 20.2. The highest BCUT2D eigenvalue weighted by atomic mass is 16.2. The summed E-state index contributed by atoms with van der Waals surface area (Å²) in [6, 6.07) is 17.0. The molecule has 0 unspecified atom stereocenters. The van der Waals surface area contributed by atoms with Crippen molar-refractivity contribution in [2.45, 2.75) is 19.6 Å². The molecule has 0 spiro atoms. The molecule has 1 N–H and O–H groups in total. The van der Waals surface area contributed by atoms with E-state index in [1.54, 1.807) is 25.5 Å². The van der Waals surface area contributed by atoms with Crippen LogP contribution in [0.1, 0.15) is 16.8 Å². The number of aromatic nitrogens is 4. The third kappa shape index (κ3) is 4.00. The summed E-state index contributed by atoms with van der Waals surface area (Å²) in [4.78, 5) is 34.4. The number of nitrogens with zero attached hydrogens (tertiary/aromatic N) is 4. The van der Waals surface area contributed by atoms with E-state index in [0.717, 1.165) is 16.8 Å². The van der Waals surface area contributed by atoms with Gasteiger partial charge in [-0.15, -0.1) is 0 Å². The van der Waals surface area contributed by atoms with E-state index < -0.39 is 0 Å². The van der Waals surface area contributed by atoms with Crippen LogP contribution in [0.5, 0.6) is 0 Å². The minimum atomic E-state index is -0.375. The second-order valence-corrected chi connectivity index (χ2v) is 6.86. The van der Waals surface area contributed by atoms with Crippen LogP contribution in [0.15, 0.2) is 76.6 Å². The molecule has 3 heterocycles. The van der Waals surface area contributed by atoms with E-state index in [9.17, 15) is 9.59 Å². The Kier molecular flexibility index (Phi) is 5.31. The molecule has 1 aromatic carbocycles. The molecule has 7 heteroatoms. The predicted molar refractivity (Wildman–Crippen MR) is 112 cm³/mol. The average molecular weight is 387 g/mol. The minimum Gasteiger partial charge on any atom is -0.307 e. The highest BCUT2D eigenvalue weighted by Gasteiger charge is 2.13. The molecule has 0 aliphatic heterocycles. The summed E-state index contributed by atoms with van der Waals surface area (Å²) in [5.74, 6) is 0. The molecule has 4 aromatic rings. The molecule has 0 bridgehead atoms. The van der Waals surface area contributed by atoms with Gasteiger partial charge in [0.15, 0.2) is 0 Å². The molecule has 3 aromatic heterocycles. The van der Waals surface area contributed by atoms with Gasteiger partial charge in [0.2, 0.25) is 0 Å². The Bertz CT molecular complexity index is 1250. The fourth-order valence-electron chi connectivity index (χ4n) is 3.27. The van der Waals surface area contributed by atoms with Crippen molar-refractivity contribution in [1.29, 1.82) is 0 Å². The highest BCUT2D eigenvalue weighted by Crippen LogP contribution is 2.09. The first-order chi connectivity index (χ1) is 14.1. The number of hydrogen-bond acceptors (Lipinski definition) is 5. The number of fused-ring (bicyclic) bond motifs is 1. The first kappa shape index (κ1) is 18.8. The Morgan fingerprint density at radius 1 is 0.931 bits per heavy atom. The number of benzene rings is 1. The Hall–Kier alpha value is -3.58. The van der Waals surface area contributed by atoms with Gasteiger partial charge in [-0.25, -0.2) is 9.78 Å². The summed E-state index contributed by atoms with van der Waals surface area (Å²) in [5, 5.41) is 3.73. The summed E-state index contributed by atoms with van der Waals surface area (Å²) in [6.45, 7) is 1.38. The first-order valence-electron chi connectivity index (χ1n) is 9.36. The minimum absolute atomic E-state index is 0.227. The van der Waals surface area contributed by atoms with Crippen molar-refractivity contribution in [2.75, 3.05) is 0 Å². The van der Waals surface area contributed by atoms with E-state index in [-0.39, 0.29) is 17.8 Å². The molecule has 4 rings (SSSR count). The quantitative estimate of drug-likeness (QED) is 0.546. The number of rotatable bonds is 6. The molecule has 146 valence electrons. The first-order valence-corrected chi connectivity index (χ1v) is 9.36. The van der Waals surface area contributed by atoms with Gasteiger partial charge < -0.3 is 5.32 Å². The highest BCUT2D eigenvalue weighted by molar-refractivity contribution is 5.74. The molecule has 0 fully saturated rings. The molecule has 0 radical (unpaired) electrons. The number of aryl methyl sites for hydroxylation is 1. The molecule has 0 aliphatic carbocycles. The molecule has 0 saturated heterocycles. The normalized spacial score (nSPS) is 11.1. The van der Waals surface area contributed by atoms with Crippen LogP contribution in [-0.2, 0) is 26.7 Å². The Labute approximate surface area is 167 Å². The van der Waals surface area contributed by atoms with E-state index in [1.807, 2.05) is 48.5 Å². The van der Waals surface area contributed by atoms with Crippen LogP contribution in [0.25, 0.3) is 11.0 Å². The van der Waals surface area contributed by atoms with Gasteiger partial charge in [0.25, 0.3) is 5.56 Å². The predicted octanol–water partition coefficient (Wildman–Crippen LogP) is 1.83. The Balaban J connectivity index is 1.64. The lowest BCUT2D eigenvalue weighted by atomic mass is 10.2. The van der Waals surface area contributed by atoms with Crippen LogP contribution in [-0.4, -0.2) is 19.1 Å². The van der Waals surface area contributed by atoms with Crippen LogP contribution in [0, 0.1) is 0 Å². The molecule has 0 amide bonds. The molecule has 7 nitrogen and oxygen atoms in total. The van der Waals surface area contributed by atoms with Crippen LogP contribution >= 0.6 is 0 Å². The van der Waals surface area contributed by atoms with Crippen molar-refractivity contribution in [3.8, 4) is 0 Å². The van der Waals surface area contributed by atoms with Crippen molar-refractivity contribution in [2.24, 2.45) is 7.05 Å². The fraction of sp³-hybridized carbons (Fsp3) is 0.182. The maximum Gasteiger partial charge on any atom is 0.332 e. The van der Waals surface area contributed by atoms with Gasteiger partial charge in [0.05, 0.1) is 17.6 Å². The largest absolute Gasteiger partial charge is 0.332 e. The maximum atomic E-state index is 13.0. The van der Waals surface area contributed by atoms with Gasteiger partial charge in [0, 0.05) is 32.5 Å². The SMILES string of the molecule is Cn1c(=O)n(Cc2ccccc2)c(=O)c2cc(CNCc3ccccn3)cnc21. The lowest BCUT2D eigenvalue weighted by Crippen LogP contribution is -2.39. The number of nitrogens with one attached hydrogen (secondary N) is 1. The molecule has 0 atom stereocenters. The molecule has 0 saturated carbocycles. The fourth-order valence-corrected chi connectivity index (χ4v) is 3.27. The van der Waals surface area contributed by atoms with Gasteiger partial charge in [-0.05, 0) is 29.3 Å². The van der Waals surface area contributed by atoms with Crippen LogP contribution in [0.2, 0.25) is 0 Å². The van der Waals surface area contributed by atoms with E-state index in [2.05, 4.69) is 15.3 Å². The lowest BCUT2D eigenvalue weighted by Gasteiger charge is -2.11. The molecular formula is C22H21N5O2. The van der Waals surface area contributed by atoms with Gasteiger partial charge in [-0.1, -0.05) is 36.4 Å². The second kappa shape index (κ2) is 8.20. The van der Waals surface area contributed by atoms with Crippen molar-refractivity contribution in [1.82, 2.24) is 24.4 Å². The van der Waals surface area contributed by atoms with E-state index >= 15 is 0 Å². The van der Waals surface area contributed by atoms with Gasteiger partial charge in [0.1, 0.15) is 5.65 Å².